The third-order valence-corrected chi connectivity index (χ3v) is 5.52. The van der Waals surface area contributed by atoms with Crippen molar-refractivity contribution in [3.8, 4) is 5.75 Å². The summed E-state index contributed by atoms with van der Waals surface area (Å²) in [6.45, 7) is 2.04. The van der Waals surface area contributed by atoms with Gasteiger partial charge in [-0.3, -0.25) is 4.79 Å². The predicted molar refractivity (Wildman–Crippen MR) is 102 cm³/mol. The van der Waals surface area contributed by atoms with Gasteiger partial charge in [0.2, 0.25) is 0 Å². The number of methoxy groups -OCH3 is 1. The first-order valence-corrected chi connectivity index (χ1v) is 10.3. The maximum Gasteiger partial charge on any atom is 0.255 e. The highest BCUT2D eigenvalue weighted by molar-refractivity contribution is 7.90. The van der Waals surface area contributed by atoms with Crippen LogP contribution in [0.15, 0.2) is 47.4 Å². The van der Waals surface area contributed by atoms with Crippen molar-refractivity contribution in [3.63, 3.8) is 0 Å². The number of carbonyl (C=O) groups is 1. The maximum atomic E-state index is 12.6. The van der Waals surface area contributed by atoms with Gasteiger partial charge in [0.05, 0.1) is 7.11 Å². The van der Waals surface area contributed by atoms with Crippen LogP contribution in [-0.4, -0.2) is 40.8 Å². The molecule has 1 aliphatic rings. The number of amides is 1. The third kappa shape index (κ3) is 3.99. The molecule has 1 amide bonds. The Hall–Kier alpha value is -2.54. The van der Waals surface area contributed by atoms with Gasteiger partial charge in [-0.05, 0) is 49.2 Å². The SMILES string of the molecule is COc1ccc(C(=O)Nc2cccc(N3CCCC3)c2)cc1S(C)(=O)=O. The van der Waals surface area contributed by atoms with Crippen LogP contribution in [0.2, 0.25) is 0 Å². The molecule has 0 bridgehead atoms. The molecule has 1 heterocycles. The van der Waals surface area contributed by atoms with Gasteiger partial charge in [-0.15, -0.1) is 0 Å². The van der Waals surface area contributed by atoms with Crippen LogP contribution >= 0.6 is 0 Å². The van der Waals surface area contributed by atoms with Crippen molar-refractivity contribution in [2.45, 2.75) is 17.7 Å². The molecule has 3 rings (SSSR count). The summed E-state index contributed by atoms with van der Waals surface area (Å²) >= 11 is 0. The number of carbonyl (C=O) groups excluding carboxylic acids is 1. The standard InChI is InChI=1S/C19H22N2O4S/c1-25-17-9-8-14(12-18(17)26(2,23)24)19(22)20-15-6-5-7-16(13-15)21-10-3-4-11-21/h5-9,12-13H,3-4,10-11H2,1-2H3,(H,20,22). The smallest absolute Gasteiger partial charge is 0.255 e. The second-order valence-corrected chi connectivity index (χ2v) is 8.32. The van der Waals surface area contributed by atoms with Crippen LogP contribution in [-0.2, 0) is 9.84 Å². The normalized spacial score (nSPS) is 14.3. The maximum absolute atomic E-state index is 12.6. The lowest BCUT2D eigenvalue weighted by atomic mass is 10.2. The molecule has 0 unspecified atom stereocenters. The van der Waals surface area contributed by atoms with Crippen LogP contribution in [0.5, 0.6) is 5.75 Å². The summed E-state index contributed by atoms with van der Waals surface area (Å²) in [5.41, 5.74) is 2.01. The zero-order chi connectivity index (χ0) is 18.7. The number of nitrogens with zero attached hydrogens (tertiary/aromatic N) is 1. The van der Waals surface area contributed by atoms with Gasteiger partial charge in [0.15, 0.2) is 9.84 Å². The summed E-state index contributed by atoms with van der Waals surface area (Å²) < 4.78 is 28.9. The Kier molecular flexibility index (Phi) is 5.18. The van der Waals surface area contributed by atoms with Gasteiger partial charge in [-0.25, -0.2) is 8.42 Å². The van der Waals surface area contributed by atoms with E-state index < -0.39 is 9.84 Å². The molecular formula is C19H22N2O4S. The Morgan fingerprint density at radius 3 is 2.50 bits per heavy atom. The summed E-state index contributed by atoms with van der Waals surface area (Å²) in [4.78, 5) is 14.8. The minimum absolute atomic E-state index is 0.00142. The highest BCUT2D eigenvalue weighted by atomic mass is 32.2. The summed E-state index contributed by atoms with van der Waals surface area (Å²) in [6.07, 6.45) is 3.44. The number of sulfone groups is 1. The Labute approximate surface area is 153 Å². The molecule has 1 aliphatic heterocycles. The lowest BCUT2D eigenvalue weighted by Crippen LogP contribution is -2.18. The van der Waals surface area contributed by atoms with Crippen LogP contribution in [0.4, 0.5) is 11.4 Å². The van der Waals surface area contributed by atoms with Gasteiger partial charge in [-0.1, -0.05) is 6.07 Å². The number of benzene rings is 2. The second-order valence-electron chi connectivity index (χ2n) is 6.34. The first-order chi connectivity index (χ1) is 12.4. The molecule has 2 aromatic rings. The molecule has 0 aliphatic carbocycles. The minimum atomic E-state index is -3.50. The molecule has 1 saturated heterocycles. The fraction of sp³-hybridized carbons (Fsp3) is 0.316. The van der Waals surface area contributed by atoms with E-state index in [2.05, 4.69) is 10.2 Å². The number of nitrogens with one attached hydrogen (secondary N) is 1. The van der Waals surface area contributed by atoms with Crippen molar-refractivity contribution in [2.24, 2.45) is 0 Å². The van der Waals surface area contributed by atoms with E-state index in [1.54, 1.807) is 6.07 Å². The van der Waals surface area contributed by atoms with E-state index in [0.29, 0.717) is 5.69 Å². The van der Waals surface area contributed by atoms with Crippen molar-refractivity contribution in [3.05, 3.63) is 48.0 Å². The average molecular weight is 374 g/mol. The molecule has 26 heavy (non-hydrogen) atoms. The van der Waals surface area contributed by atoms with E-state index in [-0.39, 0.29) is 22.1 Å². The molecule has 0 saturated carbocycles. The predicted octanol–water partition coefficient (Wildman–Crippen LogP) is 2.95. The van der Waals surface area contributed by atoms with Crippen LogP contribution in [0, 0.1) is 0 Å². The van der Waals surface area contributed by atoms with E-state index >= 15 is 0 Å². The van der Waals surface area contributed by atoms with Crippen molar-refractivity contribution in [1.82, 2.24) is 0 Å². The second kappa shape index (κ2) is 7.37. The fourth-order valence-corrected chi connectivity index (χ4v) is 3.92. The van der Waals surface area contributed by atoms with Crippen LogP contribution in [0.1, 0.15) is 23.2 Å². The van der Waals surface area contributed by atoms with Gasteiger partial charge in [-0.2, -0.15) is 0 Å². The summed E-state index contributed by atoms with van der Waals surface area (Å²) in [7, 11) is -2.11. The first-order valence-electron chi connectivity index (χ1n) is 8.43. The number of ether oxygens (including phenoxy) is 1. The average Bonchev–Trinajstić information content (AvgIpc) is 3.15. The number of anilines is 2. The summed E-state index contributed by atoms with van der Waals surface area (Å²) in [6, 6.07) is 12.1. The molecule has 7 heteroatoms. The quantitative estimate of drug-likeness (QED) is 0.871. The van der Waals surface area contributed by atoms with E-state index in [0.717, 1.165) is 25.0 Å². The van der Waals surface area contributed by atoms with E-state index in [9.17, 15) is 13.2 Å². The molecule has 138 valence electrons. The highest BCUT2D eigenvalue weighted by Gasteiger charge is 2.18. The molecule has 2 aromatic carbocycles. The molecule has 1 N–H and O–H groups in total. The summed E-state index contributed by atoms with van der Waals surface area (Å²) in [5, 5.41) is 2.84. The number of hydrogen-bond acceptors (Lipinski definition) is 5. The minimum Gasteiger partial charge on any atom is -0.495 e. The largest absolute Gasteiger partial charge is 0.495 e. The monoisotopic (exact) mass is 374 g/mol. The van der Waals surface area contributed by atoms with Crippen LogP contribution in [0.3, 0.4) is 0 Å². The Morgan fingerprint density at radius 1 is 1.12 bits per heavy atom. The summed E-state index contributed by atoms with van der Waals surface area (Å²) in [5.74, 6) is -0.142. The Bertz CT molecular complexity index is 919. The van der Waals surface area contributed by atoms with Gasteiger partial charge >= 0.3 is 0 Å². The van der Waals surface area contributed by atoms with Crippen LogP contribution < -0.4 is 15.0 Å². The fourth-order valence-electron chi connectivity index (χ4n) is 3.07. The molecule has 0 spiro atoms. The zero-order valence-electron chi connectivity index (χ0n) is 14.9. The van der Waals surface area contributed by atoms with E-state index in [1.807, 2.05) is 24.3 Å². The molecule has 0 atom stereocenters. The lowest BCUT2D eigenvalue weighted by Gasteiger charge is -2.18. The van der Waals surface area contributed by atoms with Gasteiger partial charge in [0.1, 0.15) is 10.6 Å². The molecule has 6 nitrogen and oxygen atoms in total. The van der Waals surface area contributed by atoms with Gasteiger partial charge in [0.25, 0.3) is 5.91 Å². The van der Waals surface area contributed by atoms with E-state index in [1.165, 1.54) is 32.1 Å². The van der Waals surface area contributed by atoms with Crippen molar-refractivity contribution < 1.29 is 17.9 Å². The van der Waals surface area contributed by atoms with Gasteiger partial charge in [0, 0.05) is 36.3 Å². The van der Waals surface area contributed by atoms with Crippen molar-refractivity contribution >= 4 is 27.1 Å². The number of hydrogen-bond donors (Lipinski definition) is 1. The molecule has 0 radical (unpaired) electrons. The first kappa shape index (κ1) is 18.3. The third-order valence-electron chi connectivity index (χ3n) is 4.40. The van der Waals surface area contributed by atoms with Gasteiger partial charge < -0.3 is 15.0 Å². The van der Waals surface area contributed by atoms with E-state index in [4.69, 9.17) is 4.74 Å². The number of rotatable bonds is 5. The lowest BCUT2D eigenvalue weighted by molar-refractivity contribution is 0.102. The van der Waals surface area contributed by atoms with Crippen molar-refractivity contribution in [2.75, 3.05) is 36.7 Å². The zero-order valence-corrected chi connectivity index (χ0v) is 15.7. The molecular weight excluding hydrogens is 352 g/mol. The Balaban J connectivity index is 1.83. The van der Waals surface area contributed by atoms with Crippen molar-refractivity contribution in [1.29, 1.82) is 0 Å². The van der Waals surface area contributed by atoms with Crippen LogP contribution in [0.25, 0.3) is 0 Å². The highest BCUT2D eigenvalue weighted by Crippen LogP contribution is 2.26. The molecule has 1 fully saturated rings. The topological polar surface area (TPSA) is 75.7 Å². The molecule has 0 aromatic heterocycles. The Morgan fingerprint density at radius 2 is 1.85 bits per heavy atom.